The lowest BCUT2D eigenvalue weighted by atomic mass is 9.86. The summed E-state index contributed by atoms with van der Waals surface area (Å²) in [5, 5.41) is 3.77. The highest BCUT2D eigenvalue weighted by molar-refractivity contribution is 14.1. The second kappa shape index (κ2) is 13.6. The predicted molar refractivity (Wildman–Crippen MR) is 172 cm³/mol. The van der Waals surface area contributed by atoms with Gasteiger partial charge in [0, 0.05) is 22.9 Å². The molecule has 1 amide bonds. The monoisotopic (exact) mass is 688 g/mol. The molecule has 42 heavy (non-hydrogen) atoms. The number of aromatic nitrogens is 1. The van der Waals surface area contributed by atoms with Gasteiger partial charge in [0.05, 0.1) is 16.3 Å². The second-order valence-electron chi connectivity index (χ2n) is 12.7. The molecular weight excluding hydrogens is 647 g/mol. The first-order chi connectivity index (χ1) is 19.8. The van der Waals surface area contributed by atoms with Gasteiger partial charge < -0.3 is 24.6 Å². The third-order valence-corrected chi connectivity index (χ3v) is 7.97. The molecule has 226 valence electrons. The molecule has 1 aliphatic heterocycles. The summed E-state index contributed by atoms with van der Waals surface area (Å²) in [6.07, 6.45) is 2.91. The lowest BCUT2D eigenvalue weighted by Crippen LogP contribution is -2.50. The van der Waals surface area contributed by atoms with E-state index in [4.69, 9.17) is 9.47 Å². The molecular formula is C32H41IN4O5. The molecule has 0 spiro atoms. The fourth-order valence-corrected chi connectivity index (χ4v) is 5.80. The highest BCUT2D eigenvalue weighted by atomic mass is 127. The number of halogens is 1. The molecule has 0 bridgehead atoms. The number of esters is 1. The number of alkyl carbamates (subject to hydrolysis) is 1. The maximum Gasteiger partial charge on any atom is 0.408 e. The molecule has 3 aromatic rings. The third-order valence-electron chi connectivity index (χ3n) is 7.05. The highest BCUT2D eigenvalue weighted by Gasteiger charge is 2.28. The molecule has 1 aromatic heterocycles. The van der Waals surface area contributed by atoms with Crippen LogP contribution in [0.4, 0.5) is 4.79 Å². The van der Waals surface area contributed by atoms with Gasteiger partial charge in [0.15, 0.2) is 0 Å². The lowest BCUT2D eigenvalue weighted by molar-refractivity contribution is -0.150. The second-order valence-corrected chi connectivity index (χ2v) is 13.8. The van der Waals surface area contributed by atoms with Gasteiger partial charge in [-0.15, -0.1) is 0 Å². The van der Waals surface area contributed by atoms with Crippen LogP contribution in [-0.4, -0.2) is 54.2 Å². The number of aldehydes is 1. The number of aromatic amines is 1. The highest BCUT2D eigenvalue weighted by Crippen LogP contribution is 2.34. The van der Waals surface area contributed by atoms with Gasteiger partial charge in [0.2, 0.25) is 0 Å². The number of H-pyrrole nitrogens is 1. The first kappa shape index (κ1) is 32.0. The topological polar surface area (TPSA) is 122 Å². The van der Waals surface area contributed by atoms with E-state index < -0.39 is 17.7 Å². The molecule has 0 aliphatic carbocycles. The van der Waals surface area contributed by atoms with Crippen LogP contribution in [0.1, 0.15) is 58.6 Å². The molecule has 0 saturated carbocycles. The summed E-state index contributed by atoms with van der Waals surface area (Å²) in [6.45, 7) is 10.7. The Balaban J connectivity index is 1.48. The fourth-order valence-electron chi connectivity index (χ4n) is 5.03. The zero-order chi connectivity index (χ0) is 30.5. The molecule has 1 unspecified atom stereocenters. The van der Waals surface area contributed by atoms with E-state index in [0.29, 0.717) is 13.0 Å². The largest absolute Gasteiger partial charge is 0.464 e. The van der Waals surface area contributed by atoms with Crippen LogP contribution in [-0.2, 0) is 31.9 Å². The van der Waals surface area contributed by atoms with E-state index in [1.54, 1.807) is 20.8 Å². The van der Waals surface area contributed by atoms with Gasteiger partial charge in [-0.25, -0.2) is 10.2 Å². The first-order valence-corrected chi connectivity index (χ1v) is 15.4. The number of carbonyl (C=O) groups excluding carboxylic acids is 3. The van der Waals surface area contributed by atoms with E-state index in [1.165, 1.54) is 5.56 Å². The molecule has 4 N–H and O–H groups in total. The van der Waals surface area contributed by atoms with Crippen molar-refractivity contribution in [1.82, 2.24) is 21.2 Å². The van der Waals surface area contributed by atoms with Crippen molar-refractivity contribution in [2.45, 2.75) is 78.0 Å². The fraction of sp³-hybridized carbons (Fsp3) is 0.469. The van der Waals surface area contributed by atoms with Crippen LogP contribution >= 0.6 is 22.6 Å². The Morgan fingerprint density at radius 1 is 1.12 bits per heavy atom. The number of amides is 1. The van der Waals surface area contributed by atoms with Gasteiger partial charge in [0.1, 0.15) is 17.9 Å². The van der Waals surface area contributed by atoms with Crippen LogP contribution in [0.3, 0.4) is 0 Å². The van der Waals surface area contributed by atoms with Gasteiger partial charge in [-0.1, -0.05) is 44.2 Å². The average Bonchev–Trinajstić information content (AvgIpc) is 3.24. The van der Waals surface area contributed by atoms with Gasteiger partial charge in [-0.05, 0) is 103 Å². The number of rotatable bonds is 10. The van der Waals surface area contributed by atoms with Crippen LogP contribution < -0.4 is 16.2 Å². The summed E-state index contributed by atoms with van der Waals surface area (Å²) in [5.74, 6) is -0.218. The minimum Gasteiger partial charge on any atom is -0.464 e. The molecule has 9 nitrogen and oxygen atoms in total. The minimum absolute atomic E-state index is 0.218. The van der Waals surface area contributed by atoms with Crippen molar-refractivity contribution in [1.29, 1.82) is 0 Å². The van der Waals surface area contributed by atoms with Crippen LogP contribution in [0, 0.1) is 9.12 Å². The van der Waals surface area contributed by atoms with Crippen molar-refractivity contribution < 1.29 is 23.9 Å². The smallest absolute Gasteiger partial charge is 0.408 e. The Hall–Kier alpha value is -2.96. The Morgan fingerprint density at radius 3 is 2.57 bits per heavy atom. The van der Waals surface area contributed by atoms with Gasteiger partial charge >= 0.3 is 12.1 Å². The molecule has 1 saturated heterocycles. The first-order valence-electron chi connectivity index (χ1n) is 14.3. The van der Waals surface area contributed by atoms with Crippen molar-refractivity contribution in [2.75, 3.05) is 13.2 Å². The molecule has 2 aromatic carbocycles. The molecule has 2 heterocycles. The SMILES string of the molecule is CC(C)(COC(=O)C1CCCNN1)Cc1c(I)[nH]c2ccc(-c3cccc(C[C@@H](C=O)NC(=O)OC(C)(C)C)c3)cc12. The summed E-state index contributed by atoms with van der Waals surface area (Å²) >= 11 is 2.34. The number of hydrogen-bond acceptors (Lipinski definition) is 7. The zero-order valence-electron chi connectivity index (χ0n) is 24.9. The van der Waals surface area contributed by atoms with E-state index in [-0.39, 0.29) is 17.4 Å². The quantitative estimate of drug-likeness (QED) is 0.127. The summed E-state index contributed by atoms with van der Waals surface area (Å²) in [4.78, 5) is 40.0. The number of hydrazine groups is 1. The molecule has 4 rings (SSSR count). The van der Waals surface area contributed by atoms with Gasteiger partial charge in [-0.2, -0.15) is 0 Å². The maximum absolute atomic E-state index is 12.6. The maximum atomic E-state index is 12.6. The Morgan fingerprint density at radius 2 is 1.88 bits per heavy atom. The van der Waals surface area contributed by atoms with Crippen LogP contribution in [0.2, 0.25) is 0 Å². The van der Waals surface area contributed by atoms with Crippen molar-refractivity contribution in [3.8, 4) is 11.1 Å². The summed E-state index contributed by atoms with van der Waals surface area (Å²) in [7, 11) is 0. The average molecular weight is 689 g/mol. The van der Waals surface area contributed by atoms with Crippen molar-refractivity contribution >= 4 is 51.8 Å². The normalized spacial score (nSPS) is 16.6. The van der Waals surface area contributed by atoms with Crippen molar-refractivity contribution in [2.24, 2.45) is 5.41 Å². The predicted octanol–water partition coefficient (Wildman–Crippen LogP) is 5.44. The molecule has 0 radical (unpaired) electrons. The van der Waals surface area contributed by atoms with Crippen LogP contribution in [0.25, 0.3) is 22.0 Å². The van der Waals surface area contributed by atoms with Gasteiger partial charge in [-0.3, -0.25) is 10.2 Å². The van der Waals surface area contributed by atoms with Crippen LogP contribution in [0.15, 0.2) is 42.5 Å². The number of carbonyl (C=O) groups is 3. The molecule has 2 atom stereocenters. The number of ether oxygens (including phenoxy) is 2. The van der Waals surface area contributed by atoms with E-state index in [2.05, 4.69) is 75.8 Å². The van der Waals surface area contributed by atoms with Crippen molar-refractivity contribution in [3.05, 3.63) is 57.3 Å². The summed E-state index contributed by atoms with van der Waals surface area (Å²) in [5.41, 5.74) is 10.3. The van der Waals surface area contributed by atoms with E-state index in [0.717, 1.165) is 63.4 Å². The molecule has 1 fully saturated rings. The number of fused-ring (bicyclic) bond motifs is 1. The Bertz CT molecular complexity index is 1420. The van der Waals surface area contributed by atoms with Crippen molar-refractivity contribution in [3.63, 3.8) is 0 Å². The Kier molecular flexibility index (Phi) is 10.3. The van der Waals surface area contributed by atoms with E-state index in [9.17, 15) is 14.4 Å². The third kappa shape index (κ3) is 8.78. The standard InChI is InChI=1S/C32H41IN4O5/c1-31(2,3)42-30(40)35-23(18-38)15-20-8-6-9-21(14-20)22-11-12-26-24(16-22)25(28(33)36-26)17-32(4,5)19-41-29(39)27-10-7-13-34-37-27/h6,8-9,11-12,14,16,18,23,27,34,36-37H,7,10,13,15,17,19H2,1-5H3,(H,35,40)/t23-,27?/m0/s1. The summed E-state index contributed by atoms with van der Waals surface area (Å²) < 4.78 is 12.1. The summed E-state index contributed by atoms with van der Waals surface area (Å²) in [6, 6.07) is 13.3. The minimum atomic E-state index is -0.697. The molecule has 1 aliphatic rings. The molecule has 10 heteroatoms. The number of nitrogens with one attached hydrogen (secondary N) is 4. The Labute approximate surface area is 261 Å². The van der Waals surface area contributed by atoms with Gasteiger partial charge in [0.25, 0.3) is 0 Å². The number of hydrogen-bond donors (Lipinski definition) is 4. The van der Waals surface area contributed by atoms with Crippen LogP contribution in [0.5, 0.6) is 0 Å². The van der Waals surface area contributed by atoms with E-state index in [1.807, 2.05) is 24.3 Å². The van der Waals surface area contributed by atoms with E-state index >= 15 is 0 Å². The number of benzene rings is 2. The lowest BCUT2D eigenvalue weighted by Gasteiger charge is -2.27. The zero-order valence-corrected chi connectivity index (χ0v) is 27.1.